The molecule has 2 aromatic carbocycles. The van der Waals surface area contributed by atoms with Crippen LogP contribution < -0.4 is 5.73 Å². The highest BCUT2D eigenvalue weighted by atomic mass is 16.3. The third kappa shape index (κ3) is 1.80. The highest BCUT2D eigenvalue weighted by molar-refractivity contribution is 5.75. The van der Waals surface area contributed by atoms with Gasteiger partial charge in [0.25, 0.3) is 0 Å². The lowest BCUT2D eigenvalue weighted by atomic mass is 9.99. The summed E-state index contributed by atoms with van der Waals surface area (Å²) in [4.78, 5) is 0. The molecule has 0 radical (unpaired) electrons. The number of nitrogen functional groups attached to an aromatic ring is 1. The van der Waals surface area contributed by atoms with Crippen LogP contribution in [0.1, 0.15) is 5.56 Å². The van der Waals surface area contributed by atoms with Crippen LogP contribution in [0.15, 0.2) is 36.4 Å². The van der Waals surface area contributed by atoms with Gasteiger partial charge in [0.2, 0.25) is 0 Å². The number of benzene rings is 2. The summed E-state index contributed by atoms with van der Waals surface area (Å²) in [6.45, 7) is 1.88. The van der Waals surface area contributed by atoms with Crippen molar-refractivity contribution in [1.29, 1.82) is 0 Å². The summed E-state index contributed by atoms with van der Waals surface area (Å²) in [5, 5.41) is 19.1. The Morgan fingerprint density at radius 1 is 0.938 bits per heavy atom. The van der Waals surface area contributed by atoms with E-state index in [0.29, 0.717) is 11.3 Å². The zero-order valence-corrected chi connectivity index (χ0v) is 8.94. The third-order valence-electron chi connectivity index (χ3n) is 2.52. The molecule has 0 spiro atoms. The second-order valence-electron chi connectivity index (χ2n) is 3.78. The molecule has 0 bridgehead atoms. The van der Waals surface area contributed by atoms with E-state index < -0.39 is 0 Å². The SMILES string of the molecule is Cc1cc(O)ccc1-c1ccc(N)cc1O. The van der Waals surface area contributed by atoms with Gasteiger partial charge in [-0.1, -0.05) is 6.07 Å². The minimum Gasteiger partial charge on any atom is -0.508 e. The van der Waals surface area contributed by atoms with Crippen molar-refractivity contribution in [1.82, 2.24) is 0 Å². The van der Waals surface area contributed by atoms with Gasteiger partial charge in [-0.3, -0.25) is 0 Å². The van der Waals surface area contributed by atoms with Crippen LogP contribution >= 0.6 is 0 Å². The molecule has 3 heteroatoms. The summed E-state index contributed by atoms with van der Waals surface area (Å²) < 4.78 is 0. The summed E-state index contributed by atoms with van der Waals surface area (Å²) in [5.41, 5.74) is 8.60. The smallest absolute Gasteiger partial charge is 0.125 e. The molecule has 0 saturated heterocycles. The normalized spacial score (nSPS) is 10.3. The van der Waals surface area contributed by atoms with Gasteiger partial charge in [0, 0.05) is 17.3 Å². The Kier molecular flexibility index (Phi) is 2.44. The van der Waals surface area contributed by atoms with Crippen LogP contribution in [0.2, 0.25) is 0 Å². The number of anilines is 1. The fourth-order valence-corrected chi connectivity index (χ4v) is 1.73. The molecule has 3 nitrogen and oxygen atoms in total. The van der Waals surface area contributed by atoms with Crippen molar-refractivity contribution in [3.8, 4) is 22.6 Å². The van der Waals surface area contributed by atoms with Gasteiger partial charge in [-0.2, -0.15) is 0 Å². The van der Waals surface area contributed by atoms with Gasteiger partial charge >= 0.3 is 0 Å². The number of aryl methyl sites for hydroxylation is 1. The molecule has 0 aliphatic carbocycles. The molecule has 0 atom stereocenters. The molecule has 0 heterocycles. The highest BCUT2D eigenvalue weighted by Gasteiger charge is 2.07. The van der Waals surface area contributed by atoms with Gasteiger partial charge < -0.3 is 15.9 Å². The molecule has 0 aliphatic heterocycles. The first-order valence-corrected chi connectivity index (χ1v) is 4.96. The lowest BCUT2D eigenvalue weighted by Crippen LogP contribution is -1.87. The van der Waals surface area contributed by atoms with Crippen molar-refractivity contribution >= 4 is 5.69 Å². The Hall–Kier alpha value is -2.16. The maximum Gasteiger partial charge on any atom is 0.125 e. The maximum absolute atomic E-state index is 9.80. The van der Waals surface area contributed by atoms with Crippen molar-refractivity contribution in [2.24, 2.45) is 0 Å². The van der Waals surface area contributed by atoms with E-state index in [4.69, 9.17) is 5.73 Å². The Balaban J connectivity index is 2.59. The minimum atomic E-state index is 0.147. The fourth-order valence-electron chi connectivity index (χ4n) is 1.73. The molecular weight excluding hydrogens is 202 g/mol. The predicted octanol–water partition coefficient (Wildman–Crippen LogP) is 2.66. The van der Waals surface area contributed by atoms with E-state index in [-0.39, 0.29) is 11.5 Å². The van der Waals surface area contributed by atoms with Crippen LogP contribution in [-0.4, -0.2) is 10.2 Å². The van der Waals surface area contributed by atoms with Crippen molar-refractivity contribution in [2.45, 2.75) is 6.92 Å². The molecule has 0 unspecified atom stereocenters. The Morgan fingerprint density at radius 3 is 2.25 bits per heavy atom. The van der Waals surface area contributed by atoms with Crippen LogP contribution in [0.3, 0.4) is 0 Å². The molecule has 0 aliphatic rings. The van der Waals surface area contributed by atoms with Gasteiger partial charge in [0.15, 0.2) is 0 Å². The van der Waals surface area contributed by atoms with Crippen molar-refractivity contribution in [3.05, 3.63) is 42.0 Å². The summed E-state index contributed by atoms with van der Waals surface area (Å²) in [7, 11) is 0. The average Bonchev–Trinajstić information content (AvgIpc) is 2.19. The van der Waals surface area contributed by atoms with E-state index >= 15 is 0 Å². The Morgan fingerprint density at radius 2 is 1.62 bits per heavy atom. The molecule has 2 rings (SSSR count). The molecule has 2 aromatic rings. The number of phenols is 2. The standard InChI is InChI=1S/C13H13NO2/c1-8-6-10(15)3-5-11(8)12-4-2-9(14)7-13(12)16/h2-7,15-16H,14H2,1H3. The molecule has 0 fully saturated rings. The highest BCUT2D eigenvalue weighted by Crippen LogP contribution is 2.33. The first kappa shape index (κ1) is 10.4. The first-order chi connectivity index (χ1) is 7.58. The van der Waals surface area contributed by atoms with E-state index in [1.165, 1.54) is 6.07 Å². The summed E-state index contributed by atoms with van der Waals surface area (Å²) in [6, 6.07) is 10.0. The zero-order valence-electron chi connectivity index (χ0n) is 8.94. The van der Waals surface area contributed by atoms with Gasteiger partial charge in [-0.15, -0.1) is 0 Å². The molecule has 82 valence electrons. The van der Waals surface area contributed by atoms with Gasteiger partial charge in [0.1, 0.15) is 11.5 Å². The van der Waals surface area contributed by atoms with Gasteiger partial charge in [-0.05, 0) is 42.3 Å². The monoisotopic (exact) mass is 215 g/mol. The van der Waals surface area contributed by atoms with E-state index in [9.17, 15) is 10.2 Å². The van der Waals surface area contributed by atoms with E-state index in [1.54, 1.807) is 30.3 Å². The Bertz CT molecular complexity index is 486. The molecular formula is C13H13NO2. The second-order valence-corrected chi connectivity index (χ2v) is 3.78. The lowest BCUT2D eigenvalue weighted by Gasteiger charge is -2.09. The zero-order chi connectivity index (χ0) is 11.7. The number of hydrogen-bond donors (Lipinski definition) is 3. The maximum atomic E-state index is 9.80. The predicted molar refractivity (Wildman–Crippen MR) is 64.4 cm³/mol. The van der Waals surface area contributed by atoms with Crippen molar-refractivity contribution < 1.29 is 10.2 Å². The first-order valence-electron chi connectivity index (χ1n) is 4.96. The molecule has 16 heavy (non-hydrogen) atoms. The second kappa shape index (κ2) is 3.77. The topological polar surface area (TPSA) is 66.5 Å². The van der Waals surface area contributed by atoms with Gasteiger partial charge in [-0.25, -0.2) is 0 Å². The number of rotatable bonds is 1. The summed E-state index contributed by atoms with van der Waals surface area (Å²) in [6.07, 6.45) is 0. The number of phenolic OH excluding ortho intramolecular Hbond substituents is 2. The number of nitrogens with two attached hydrogens (primary N) is 1. The summed E-state index contributed by atoms with van der Waals surface area (Å²) in [5.74, 6) is 0.366. The van der Waals surface area contributed by atoms with Gasteiger partial charge in [0.05, 0.1) is 0 Å². The van der Waals surface area contributed by atoms with Crippen LogP contribution in [0.4, 0.5) is 5.69 Å². The number of hydrogen-bond acceptors (Lipinski definition) is 3. The van der Waals surface area contributed by atoms with Crippen LogP contribution in [0.25, 0.3) is 11.1 Å². The van der Waals surface area contributed by atoms with E-state index in [1.807, 2.05) is 6.92 Å². The minimum absolute atomic E-state index is 0.147. The molecule has 0 saturated carbocycles. The largest absolute Gasteiger partial charge is 0.508 e. The fraction of sp³-hybridized carbons (Fsp3) is 0.0769. The van der Waals surface area contributed by atoms with E-state index in [0.717, 1.165) is 11.1 Å². The third-order valence-corrected chi connectivity index (χ3v) is 2.52. The quantitative estimate of drug-likeness (QED) is 0.641. The Labute approximate surface area is 93.8 Å². The van der Waals surface area contributed by atoms with Crippen molar-refractivity contribution in [2.75, 3.05) is 5.73 Å². The summed E-state index contributed by atoms with van der Waals surface area (Å²) >= 11 is 0. The molecule has 0 amide bonds. The molecule has 4 N–H and O–H groups in total. The van der Waals surface area contributed by atoms with Crippen LogP contribution in [-0.2, 0) is 0 Å². The van der Waals surface area contributed by atoms with Crippen LogP contribution in [0.5, 0.6) is 11.5 Å². The van der Waals surface area contributed by atoms with E-state index in [2.05, 4.69) is 0 Å². The average molecular weight is 215 g/mol. The van der Waals surface area contributed by atoms with Crippen molar-refractivity contribution in [3.63, 3.8) is 0 Å². The van der Waals surface area contributed by atoms with Crippen LogP contribution in [0, 0.1) is 6.92 Å². The number of aromatic hydroxyl groups is 2. The lowest BCUT2D eigenvalue weighted by molar-refractivity contribution is 0.474. The molecule has 0 aromatic heterocycles.